The molecular weight excluding hydrogens is 504 g/mol. The highest BCUT2D eigenvalue weighted by molar-refractivity contribution is 5.94. The van der Waals surface area contributed by atoms with E-state index < -0.39 is 0 Å². The number of hydrogen-bond donors (Lipinski definition) is 0. The molecule has 3 aromatic rings. The van der Waals surface area contributed by atoms with E-state index in [1.807, 2.05) is 73.3 Å². The predicted molar refractivity (Wildman–Crippen MR) is 155 cm³/mol. The van der Waals surface area contributed by atoms with E-state index in [0.717, 1.165) is 61.4 Å². The zero-order valence-corrected chi connectivity index (χ0v) is 23.4. The highest BCUT2D eigenvalue weighted by Crippen LogP contribution is 2.34. The average Bonchev–Trinajstić information content (AvgIpc) is 3.48. The first-order valence-electron chi connectivity index (χ1n) is 14.3. The highest BCUT2D eigenvalue weighted by Gasteiger charge is 2.24. The van der Waals surface area contributed by atoms with Gasteiger partial charge in [-0.25, -0.2) is 0 Å². The van der Waals surface area contributed by atoms with Crippen molar-refractivity contribution in [1.82, 2.24) is 9.80 Å². The van der Waals surface area contributed by atoms with Crippen molar-refractivity contribution in [3.63, 3.8) is 0 Å². The molecule has 7 nitrogen and oxygen atoms in total. The van der Waals surface area contributed by atoms with Gasteiger partial charge in [0.2, 0.25) is 6.79 Å². The van der Waals surface area contributed by atoms with Crippen molar-refractivity contribution in [1.29, 1.82) is 0 Å². The minimum Gasteiger partial charge on any atom is -0.483 e. The molecule has 0 bridgehead atoms. The molecule has 0 unspecified atom stereocenters. The quantitative estimate of drug-likeness (QED) is 0.323. The normalized spacial score (nSPS) is 14.7. The molecule has 2 aliphatic heterocycles. The molecule has 7 heteroatoms. The summed E-state index contributed by atoms with van der Waals surface area (Å²) in [7, 11) is 0. The first-order chi connectivity index (χ1) is 19.6. The van der Waals surface area contributed by atoms with Crippen LogP contribution in [0.1, 0.15) is 49.0 Å². The summed E-state index contributed by atoms with van der Waals surface area (Å²) in [6.45, 7) is 7.16. The summed E-state index contributed by atoms with van der Waals surface area (Å²) in [5.74, 6) is 2.97. The van der Waals surface area contributed by atoms with Crippen molar-refractivity contribution >= 4 is 11.8 Å². The Bertz CT molecular complexity index is 1310. The van der Waals surface area contributed by atoms with Gasteiger partial charge in [-0.2, -0.15) is 0 Å². The van der Waals surface area contributed by atoms with Gasteiger partial charge in [-0.1, -0.05) is 36.4 Å². The van der Waals surface area contributed by atoms with Crippen molar-refractivity contribution in [3.05, 3.63) is 77.9 Å². The first-order valence-corrected chi connectivity index (χ1v) is 14.3. The van der Waals surface area contributed by atoms with Crippen molar-refractivity contribution in [2.75, 3.05) is 39.6 Å². The number of likely N-dealkylation sites (tertiary alicyclic amines) is 1. The van der Waals surface area contributed by atoms with Crippen LogP contribution in [0.5, 0.6) is 17.2 Å². The Morgan fingerprint density at radius 3 is 2.40 bits per heavy atom. The van der Waals surface area contributed by atoms with Crippen LogP contribution in [-0.4, -0.2) is 61.2 Å². The summed E-state index contributed by atoms with van der Waals surface area (Å²) in [6, 6.07) is 21.5. The summed E-state index contributed by atoms with van der Waals surface area (Å²) in [5.41, 5.74) is 3.78. The third-order valence-electron chi connectivity index (χ3n) is 7.98. The van der Waals surface area contributed by atoms with Crippen molar-refractivity contribution in [2.45, 2.75) is 39.5 Å². The third-order valence-corrected chi connectivity index (χ3v) is 7.98. The number of ether oxygens (including phenoxy) is 3. The topological polar surface area (TPSA) is 68.3 Å². The molecule has 0 aliphatic carbocycles. The van der Waals surface area contributed by atoms with Crippen LogP contribution in [0.25, 0.3) is 11.1 Å². The van der Waals surface area contributed by atoms with E-state index >= 15 is 0 Å². The van der Waals surface area contributed by atoms with Gasteiger partial charge in [-0.3, -0.25) is 9.59 Å². The van der Waals surface area contributed by atoms with Gasteiger partial charge >= 0.3 is 0 Å². The number of aryl methyl sites for hydroxylation is 1. The lowest BCUT2D eigenvalue weighted by atomic mass is 9.90. The Morgan fingerprint density at radius 2 is 1.65 bits per heavy atom. The second-order valence-corrected chi connectivity index (χ2v) is 10.4. The van der Waals surface area contributed by atoms with E-state index in [1.165, 1.54) is 5.56 Å². The maximum absolute atomic E-state index is 13.0. The van der Waals surface area contributed by atoms with Gasteiger partial charge in [0.15, 0.2) is 18.1 Å². The molecular formula is C33H38N2O5. The van der Waals surface area contributed by atoms with Gasteiger partial charge in [0.1, 0.15) is 5.75 Å². The zero-order chi connectivity index (χ0) is 27.9. The van der Waals surface area contributed by atoms with E-state index in [1.54, 1.807) is 4.90 Å². The molecule has 1 fully saturated rings. The van der Waals surface area contributed by atoms with Gasteiger partial charge in [0.25, 0.3) is 11.8 Å². The van der Waals surface area contributed by atoms with Gasteiger partial charge in [0.05, 0.1) is 0 Å². The lowest BCUT2D eigenvalue weighted by molar-refractivity contribution is -0.134. The SMILES string of the molecule is CCN(CC)C(=O)c1ccc(-c2ccccc2OCC(=O)N2CCC(CCc3ccc4c(c3)OCO4)CC2)cc1. The third kappa shape index (κ3) is 6.41. The molecule has 210 valence electrons. The largest absolute Gasteiger partial charge is 0.483 e. The molecule has 5 rings (SSSR count). The molecule has 0 aromatic heterocycles. The fourth-order valence-corrected chi connectivity index (χ4v) is 5.49. The van der Waals surface area contributed by atoms with Crippen molar-refractivity contribution in [3.8, 4) is 28.4 Å². The molecule has 0 N–H and O–H groups in total. The number of benzene rings is 3. The highest BCUT2D eigenvalue weighted by atomic mass is 16.7. The van der Waals surface area contributed by atoms with Crippen LogP contribution >= 0.6 is 0 Å². The number of para-hydroxylation sites is 1. The number of hydrogen-bond acceptors (Lipinski definition) is 5. The van der Waals surface area contributed by atoms with Crippen LogP contribution < -0.4 is 14.2 Å². The second-order valence-electron chi connectivity index (χ2n) is 10.4. The Labute approximate surface area is 236 Å². The molecule has 0 radical (unpaired) electrons. The van der Waals surface area contributed by atoms with Crippen LogP contribution in [0.2, 0.25) is 0 Å². The van der Waals surface area contributed by atoms with E-state index in [2.05, 4.69) is 12.1 Å². The monoisotopic (exact) mass is 542 g/mol. The maximum atomic E-state index is 13.0. The van der Waals surface area contributed by atoms with Gasteiger partial charge in [-0.15, -0.1) is 0 Å². The Kier molecular flexibility index (Phi) is 8.89. The van der Waals surface area contributed by atoms with Crippen LogP contribution in [0.4, 0.5) is 0 Å². The van der Waals surface area contributed by atoms with Crippen molar-refractivity contribution in [2.24, 2.45) is 5.92 Å². The smallest absolute Gasteiger partial charge is 0.260 e. The molecule has 2 heterocycles. The van der Waals surface area contributed by atoms with Crippen LogP contribution in [-0.2, 0) is 11.2 Å². The molecule has 40 heavy (non-hydrogen) atoms. The van der Waals surface area contributed by atoms with Crippen molar-refractivity contribution < 1.29 is 23.8 Å². The molecule has 2 amide bonds. The van der Waals surface area contributed by atoms with Gasteiger partial charge in [0, 0.05) is 37.3 Å². The number of carbonyl (C=O) groups is 2. The molecule has 3 aromatic carbocycles. The lowest BCUT2D eigenvalue weighted by Crippen LogP contribution is -2.41. The Hall–Kier alpha value is -4.00. The fraction of sp³-hybridized carbons (Fsp3) is 0.394. The number of amides is 2. The van der Waals surface area contributed by atoms with E-state index in [-0.39, 0.29) is 18.4 Å². The Balaban J connectivity index is 1.11. The number of carbonyl (C=O) groups excluding carboxylic acids is 2. The van der Waals surface area contributed by atoms with Crippen LogP contribution in [0.15, 0.2) is 66.7 Å². The van der Waals surface area contributed by atoms with Gasteiger partial charge in [-0.05, 0) is 86.9 Å². The molecule has 1 saturated heterocycles. The Morgan fingerprint density at radius 1 is 0.925 bits per heavy atom. The zero-order valence-electron chi connectivity index (χ0n) is 23.4. The number of piperidine rings is 1. The van der Waals surface area contributed by atoms with E-state index in [0.29, 0.717) is 37.1 Å². The predicted octanol–water partition coefficient (Wildman–Crippen LogP) is 5.81. The fourth-order valence-electron chi connectivity index (χ4n) is 5.49. The van der Waals surface area contributed by atoms with Crippen LogP contribution in [0.3, 0.4) is 0 Å². The second kappa shape index (κ2) is 12.9. The van der Waals surface area contributed by atoms with Crippen LogP contribution in [0, 0.1) is 5.92 Å². The molecule has 2 aliphatic rings. The number of fused-ring (bicyclic) bond motifs is 1. The minimum absolute atomic E-state index is 0.0113. The summed E-state index contributed by atoms with van der Waals surface area (Å²) in [5, 5.41) is 0. The van der Waals surface area contributed by atoms with Gasteiger partial charge < -0.3 is 24.0 Å². The minimum atomic E-state index is 0.0113. The van der Waals surface area contributed by atoms with E-state index in [9.17, 15) is 9.59 Å². The summed E-state index contributed by atoms with van der Waals surface area (Å²) in [6.07, 6.45) is 4.11. The maximum Gasteiger partial charge on any atom is 0.260 e. The summed E-state index contributed by atoms with van der Waals surface area (Å²) in [4.78, 5) is 29.4. The number of rotatable bonds is 10. The summed E-state index contributed by atoms with van der Waals surface area (Å²) >= 11 is 0. The lowest BCUT2D eigenvalue weighted by Gasteiger charge is -2.32. The van der Waals surface area contributed by atoms with E-state index in [4.69, 9.17) is 14.2 Å². The average molecular weight is 543 g/mol. The summed E-state index contributed by atoms with van der Waals surface area (Å²) < 4.78 is 16.9. The molecule has 0 atom stereocenters. The molecule has 0 saturated carbocycles. The standard InChI is InChI=1S/C33H38N2O5/c1-3-34(4-2)33(37)27-14-12-26(13-15-27)28-7-5-6-8-29(28)38-22-32(36)35-19-17-24(18-20-35)9-10-25-11-16-30-31(21-25)40-23-39-30/h5-8,11-16,21,24H,3-4,9-10,17-20,22-23H2,1-2H3. The molecule has 0 spiro atoms. The number of nitrogens with zero attached hydrogens (tertiary/aromatic N) is 2. The first kappa shape index (κ1) is 27.6.